The molecule has 0 unspecified atom stereocenters. The molecule has 1 aliphatic rings. The average Bonchev–Trinajstić information content (AvgIpc) is 2.21. The predicted molar refractivity (Wildman–Crippen MR) is 28.2 cm³/mol. The van der Waals surface area contributed by atoms with Crippen molar-refractivity contribution >= 4 is 0 Å². The molecular weight excluding hydrogens is 90.1 g/mol. The molecule has 0 aromatic rings. The second kappa shape index (κ2) is 1.08. The highest BCUT2D eigenvalue weighted by atomic mass is 16.6. The Morgan fingerprint density at radius 2 is 2.14 bits per heavy atom. The molecule has 0 aliphatic carbocycles. The Bertz CT molecular complexity index is 105. The number of nitrogens with zero attached hydrogens (tertiary/aromatic N) is 1. The van der Waals surface area contributed by atoms with Crippen molar-refractivity contribution in [2.45, 2.75) is 6.92 Å². The van der Waals surface area contributed by atoms with Gasteiger partial charge in [-0.15, -0.1) is 0 Å². The van der Waals surface area contributed by atoms with Crippen LogP contribution in [0.1, 0.15) is 6.92 Å². The molecule has 0 atom stereocenters. The standard InChI is InChI=1S/C5H9NO/c1-5(2)6(7)3-4-6/h1,3-4H2,2H3. The summed E-state index contributed by atoms with van der Waals surface area (Å²) in [6.45, 7) is 6.82. The first-order valence-corrected chi connectivity index (χ1v) is 2.39. The van der Waals surface area contributed by atoms with Crippen LogP contribution in [0.5, 0.6) is 0 Å². The minimum absolute atomic E-state index is 0.139. The van der Waals surface area contributed by atoms with E-state index < -0.39 is 0 Å². The van der Waals surface area contributed by atoms with Gasteiger partial charge in [-0.25, -0.2) is 0 Å². The summed E-state index contributed by atoms with van der Waals surface area (Å²) in [6.07, 6.45) is 0. The zero-order chi connectivity index (χ0) is 5.49. The van der Waals surface area contributed by atoms with Crippen LogP contribution in [0.25, 0.3) is 0 Å². The number of allylic oxidation sites excluding steroid dienone is 1. The van der Waals surface area contributed by atoms with E-state index in [0.717, 1.165) is 18.8 Å². The van der Waals surface area contributed by atoms with E-state index in [9.17, 15) is 5.21 Å². The summed E-state index contributed by atoms with van der Waals surface area (Å²) in [5.74, 6) is 0. The van der Waals surface area contributed by atoms with Crippen molar-refractivity contribution in [1.29, 1.82) is 0 Å². The van der Waals surface area contributed by atoms with E-state index in [-0.39, 0.29) is 4.65 Å². The first kappa shape index (κ1) is 4.81. The van der Waals surface area contributed by atoms with Crippen molar-refractivity contribution in [1.82, 2.24) is 0 Å². The minimum Gasteiger partial charge on any atom is -0.627 e. The Hall–Kier alpha value is -0.340. The van der Waals surface area contributed by atoms with Gasteiger partial charge in [0.1, 0.15) is 13.1 Å². The van der Waals surface area contributed by atoms with Gasteiger partial charge in [-0.3, -0.25) is 0 Å². The molecular formula is C5H9NO. The van der Waals surface area contributed by atoms with Crippen LogP contribution < -0.4 is 0 Å². The number of hydroxylamine groups is 3. The Labute approximate surface area is 43.2 Å². The van der Waals surface area contributed by atoms with Gasteiger partial charge in [0.2, 0.25) is 0 Å². The molecule has 1 heterocycles. The van der Waals surface area contributed by atoms with E-state index in [2.05, 4.69) is 6.58 Å². The highest BCUT2D eigenvalue weighted by molar-refractivity contribution is 4.83. The van der Waals surface area contributed by atoms with E-state index in [1.54, 1.807) is 6.92 Å². The number of quaternary nitrogens is 1. The Morgan fingerprint density at radius 1 is 1.71 bits per heavy atom. The molecule has 0 aromatic heterocycles. The molecule has 0 amide bonds. The molecule has 0 spiro atoms. The molecule has 0 aromatic carbocycles. The third-order valence-electron chi connectivity index (χ3n) is 1.33. The molecule has 0 bridgehead atoms. The lowest BCUT2D eigenvalue weighted by atomic mass is 10.6. The molecule has 2 nitrogen and oxygen atoms in total. The van der Waals surface area contributed by atoms with Gasteiger partial charge >= 0.3 is 0 Å². The largest absolute Gasteiger partial charge is 0.627 e. The van der Waals surface area contributed by atoms with Crippen LogP contribution in [-0.2, 0) is 0 Å². The van der Waals surface area contributed by atoms with Crippen molar-refractivity contribution < 1.29 is 4.65 Å². The van der Waals surface area contributed by atoms with Gasteiger partial charge in [0.15, 0.2) is 0 Å². The van der Waals surface area contributed by atoms with Crippen LogP contribution in [0.4, 0.5) is 0 Å². The molecule has 1 fully saturated rings. The monoisotopic (exact) mass is 99.1 g/mol. The normalized spacial score (nSPS) is 24.3. The smallest absolute Gasteiger partial charge is 0.133 e. The third-order valence-corrected chi connectivity index (χ3v) is 1.33. The molecule has 1 rings (SSSR count). The van der Waals surface area contributed by atoms with Gasteiger partial charge in [-0.1, -0.05) is 0 Å². The minimum atomic E-state index is -0.139. The lowest BCUT2D eigenvalue weighted by molar-refractivity contribution is -0.699. The lowest BCUT2D eigenvalue weighted by Crippen LogP contribution is -2.11. The number of hydrogen-bond donors (Lipinski definition) is 0. The van der Waals surface area contributed by atoms with Crippen LogP contribution in [0.15, 0.2) is 12.3 Å². The molecule has 7 heavy (non-hydrogen) atoms. The summed E-state index contributed by atoms with van der Waals surface area (Å²) in [4.78, 5) is 0. The topological polar surface area (TPSA) is 23.1 Å². The van der Waals surface area contributed by atoms with Crippen molar-refractivity contribution in [3.05, 3.63) is 17.5 Å². The van der Waals surface area contributed by atoms with E-state index in [0.29, 0.717) is 0 Å². The Morgan fingerprint density at radius 3 is 2.14 bits per heavy atom. The van der Waals surface area contributed by atoms with Crippen molar-refractivity contribution in [2.75, 3.05) is 13.1 Å². The maximum atomic E-state index is 10.8. The van der Waals surface area contributed by atoms with Crippen LogP contribution in [0.2, 0.25) is 0 Å². The van der Waals surface area contributed by atoms with Crippen LogP contribution in [0.3, 0.4) is 0 Å². The maximum Gasteiger partial charge on any atom is 0.133 e. The summed E-state index contributed by atoms with van der Waals surface area (Å²) >= 11 is 0. The third kappa shape index (κ3) is 0.667. The SMILES string of the molecule is C=C(C)[N+]1([O-])CC1. The van der Waals surface area contributed by atoms with Crippen molar-refractivity contribution in [3.8, 4) is 0 Å². The van der Waals surface area contributed by atoms with Crippen molar-refractivity contribution in [2.24, 2.45) is 0 Å². The molecule has 1 saturated heterocycles. The van der Waals surface area contributed by atoms with E-state index >= 15 is 0 Å². The van der Waals surface area contributed by atoms with Gasteiger partial charge in [0.05, 0.1) is 5.70 Å². The first-order chi connectivity index (χ1) is 3.15. The van der Waals surface area contributed by atoms with Crippen LogP contribution in [0, 0.1) is 5.21 Å². The molecule has 0 N–H and O–H groups in total. The Kier molecular flexibility index (Phi) is 0.743. The van der Waals surface area contributed by atoms with Crippen molar-refractivity contribution in [3.63, 3.8) is 0 Å². The van der Waals surface area contributed by atoms with Gasteiger partial charge in [0.25, 0.3) is 0 Å². The summed E-state index contributed by atoms with van der Waals surface area (Å²) in [6, 6.07) is 0. The molecule has 2 heteroatoms. The predicted octanol–water partition coefficient (Wildman–Crippen LogP) is 0.848. The summed E-state index contributed by atoms with van der Waals surface area (Å²) in [7, 11) is 0. The highest BCUT2D eigenvalue weighted by Gasteiger charge is 2.33. The zero-order valence-electron chi connectivity index (χ0n) is 4.48. The molecule has 40 valence electrons. The van der Waals surface area contributed by atoms with Gasteiger partial charge in [-0.2, -0.15) is 0 Å². The number of rotatable bonds is 1. The summed E-state index contributed by atoms with van der Waals surface area (Å²) in [5, 5.41) is 10.8. The number of hydrogen-bond acceptors (Lipinski definition) is 1. The Balaban J connectivity index is 2.55. The fourth-order valence-electron chi connectivity index (χ4n) is 0.473. The van der Waals surface area contributed by atoms with E-state index in [1.807, 2.05) is 0 Å². The zero-order valence-corrected chi connectivity index (χ0v) is 4.48. The fraction of sp³-hybridized carbons (Fsp3) is 0.600. The van der Waals surface area contributed by atoms with E-state index in [4.69, 9.17) is 0 Å². The average molecular weight is 99.1 g/mol. The van der Waals surface area contributed by atoms with Gasteiger partial charge in [-0.05, 0) is 6.58 Å². The molecule has 0 saturated carbocycles. The maximum absolute atomic E-state index is 10.8. The van der Waals surface area contributed by atoms with Crippen LogP contribution >= 0.6 is 0 Å². The first-order valence-electron chi connectivity index (χ1n) is 2.39. The van der Waals surface area contributed by atoms with Crippen LogP contribution in [-0.4, -0.2) is 17.7 Å². The summed E-state index contributed by atoms with van der Waals surface area (Å²) in [5.41, 5.74) is 0.736. The second-order valence-electron chi connectivity index (χ2n) is 2.07. The summed E-state index contributed by atoms with van der Waals surface area (Å²) < 4.78 is -0.139. The second-order valence-corrected chi connectivity index (χ2v) is 2.07. The quantitative estimate of drug-likeness (QED) is 0.271. The lowest BCUT2D eigenvalue weighted by Gasteiger charge is -2.19. The van der Waals surface area contributed by atoms with E-state index in [1.165, 1.54) is 0 Å². The molecule has 0 radical (unpaired) electrons. The highest BCUT2D eigenvalue weighted by Crippen LogP contribution is 2.24. The molecule has 1 aliphatic heterocycles. The fourth-order valence-corrected chi connectivity index (χ4v) is 0.473. The van der Waals surface area contributed by atoms with Gasteiger partial charge in [0, 0.05) is 6.92 Å². The van der Waals surface area contributed by atoms with Gasteiger partial charge < -0.3 is 9.85 Å².